The lowest BCUT2D eigenvalue weighted by atomic mass is 10.0. The van der Waals surface area contributed by atoms with E-state index in [-0.39, 0.29) is 12.8 Å². The Morgan fingerprint density at radius 1 is 0.805 bits per heavy atom. The molecule has 0 spiro atoms. The Bertz CT molecular complexity index is 1420. The molecule has 0 aliphatic heterocycles. The van der Waals surface area contributed by atoms with E-state index in [0.717, 1.165) is 10.9 Å². The average Bonchev–Trinajstić information content (AvgIpc) is 3.56. The van der Waals surface area contributed by atoms with E-state index in [0.29, 0.717) is 11.3 Å². The maximum atomic E-state index is 13.4. The van der Waals surface area contributed by atoms with Crippen molar-refractivity contribution in [3.05, 3.63) is 54.2 Å². The minimum atomic E-state index is -1.72. The summed E-state index contributed by atoms with van der Waals surface area (Å²) < 4.78 is 0. The molecular weight excluding hydrogens is 542 g/mol. The zero-order valence-electron chi connectivity index (χ0n) is 21.5. The molecule has 2 heterocycles. The molecule has 3 amide bonds. The van der Waals surface area contributed by atoms with Gasteiger partial charge >= 0.3 is 17.9 Å². The highest BCUT2D eigenvalue weighted by Crippen LogP contribution is 2.19. The molecular formula is C25H29N7O9. The fraction of sp³-hybridized carbons (Fsp3) is 0.320. The van der Waals surface area contributed by atoms with Gasteiger partial charge in [0.2, 0.25) is 17.7 Å². The lowest BCUT2D eigenvalue weighted by Gasteiger charge is -2.24. The standard InChI is InChI=1S/C25H29N7O9/c26-15(7-20(33)34)22(37)30-17(5-12-9-28-16-4-2-1-3-14(12)16)23(38)31-18(8-21(35)36)24(39)32-19(25(40)41)6-13-10-27-11-29-13/h1-4,9-11,15,17-19,28H,5-8,26H2,(H,27,29)(H,30,37)(H,31,38)(H,32,39)(H,33,34)(H,35,36)(H,40,41). The first-order valence-electron chi connectivity index (χ1n) is 12.3. The number of nitrogens with two attached hydrogens (primary N) is 1. The number of hydrogen-bond donors (Lipinski definition) is 9. The summed E-state index contributed by atoms with van der Waals surface area (Å²) >= 11 is 0. The number of amides is 3. The number of nitrogens with one attached hydrogen (secondary N) is 5. The normalized spacial score (nSPS) is 13.9. The molecule has 10 N–H and O–H groups in total. The Kier molecular flexibility index (Phi) is 10.1. The van der Waals surface area contributed by atoms with Crippen molar-refractivity contribution >= 4 is 46.5 Å². The molecule has 4 unspecified atom stereocenters. The molecule has 3 aromatic rings. The third-order valence-corrected chi connectivity index (χ3v) is 6.07. The second-order valence-corrected chi connectivity index (χ2v) is 9.17. The fourth-order valence-electron chi connectivity index (χ4n) is 4.03. The minimum absolute atomic E-state index is 0.139. The predicted molar refractivity (Wildman–Crippen MR) is 140 cm³/mol. The summed E-state index contributed by atoms with van der Waals surface area (Å²) in [7, 11) is 0. The van der Waals surface area contributed by atoms with Gasteiger partial charge in [0.15, 0.2) is 0 Å². The number of aliphatic carboxylic acids is 3. The first kappa shape index (κ1) is 30.3. The van der Waals surface area contributed by atoms with E-state index in [1.165, 1.54) is 12.5 Å². The fourth-order valence-corrected chi connectivity index (χ4v) is 4.03. The van der Waals surface area contributed by atoms with Crippen LogP contribution in [0.4, 0.5) is 0 Å². The Balaban J connectivity index is 1.82. The number of rotatable bonds is 15. The van der Waals surface area contributed by atoms with Crippen molar-refractivity contribution in [2.45, 2.75) is 49.9 Å². The van der Waals surface area contributed by atoms with Crippen molar-refractivity contribution in [3.63, 3.8) is 0 Å². The summed E-state index contributed by atoms with van der Waals surface area (Å²) in [6.07, 6.45) is 2.31. The number of aromatic nitrogens is 3. The summed E-state index contributed by atoms with van der Waals surface area (Å²) in [6.45, 7) is 0. The molecule has 1 aromatic carbocycles. The summed E-state index contributed by atoms with van der Waals surface area (Å²) in [6, 6.07) is 0.973. The summed E-state index contributed by atoms with van der Waals surface area (Å²) in [5.41, 5.74) is 7.35. The van der Waals surface area contributed by atoms with Crippen LogP contribution in [0, 0.1) is 0 Å². The molecule has 218 valence electrons. The largest absolute Gasteiger partial charge is 0.481 e. The van der Waals surface area contributed by atoms with Gasteiger partial charge in [-0.1, -0.05) is 18.2 Å². The number of fused-ring (bicyclic) bond motifs is 1. The molecule has 0 saturated carbocycles. The Morgan fingerprint density at radius 3 is 2.07 bits per heavy atom. The van der Waals surface area contributed by atoms with Gasteiger partial charge in [0.05, 0.1) is 25.2 Å². The maximum Gasteiger partial charge on any atom is 0.326 e. The zero-order valence-corrected chi connectivity index (χ0v) is 21.5. The van der Waals surface area contributed by atoms with E-state index in [1.54, 1.807) is 30.5 Å². The van der Waals surface area contributed by atoms with Crippen LogP contribution in [0.3, 0.4) is 0 Å². The van der Waals surface area contributed by atoms with Crippen molar-refractivity contribution in [1.29, 1.82) is 0 Å². The first-order chi connectivity index (χ1) is 19.4. The van der Waals surface area contributed by atoms with Gasteiger partial charge in [-0.15, -0.1) is 0 Å². The second kappa shape index (κ2) is 13.7. The van der Waals surface area contributed by atoms with Gasteiger partial charge in [0, 0.05) is 41.8 Å². The van der Waals surface area contributed by atoms with Gasteiger partial charge in [0.25, 0.3) is 0 Å². The molecule has 2 aromatic heterocycles. The van der Waals surface area contributed by atoms with E-state index in [2.05, 4.69) is 30.9 Å². The number of hydrogen-bond acceptors (Lipinski definition) is 8. The summed E-state index contributed by atoms with van der Waals surface area (Å²) in [5, 5.41) is 35.4. The number of carbonyl (C=O) groups is 6. The van der Waals surface area contributed by atoms with Crippen LogP contribution in [0.2, 0.25) is 0 Å². The molecule has 16 heteroatoms. The molecule has 16 nitrogen and oxygen atoms in total. The number of aromatic amines is 2. The molecule has 4 atom stereocenters. The van der Waals surface area contributed by atoms with Gasteiger partial charge in [-0.2, -0.15) is 0 Å². The highest BCUT2D eigenvalue weighted by molar-refractivity contribution is 5.96. The van der Waals surface area contributed by atoms with Crippen LogP contribution < -0.4 is 21.7 Å². The Morgan fingerprint density at radius 2 is 1.44 bits per heavy atom. The van der Waals surface area contributed by atoms with Gasteiger partial charge in [0.1, 0.15) is 18.1 Å². The van der Waals surface area contributed by atoms with Crippen LogP contribution in [0.1, 0.15) is 24.1 Å². The number of carboxylic acid groups (broad SMARTS) is 3. The van der Waals surface area contributed by atoms with Crippen molar-refractivity contribution < 1.29 is 44.1 Å². The summed E-state index contributed by atoms with van der Waals surface area (Å²) in [4.78, 5) is 82.7. The number of carbonyl (C=O) groups excluding carboxylic acids is 3. The van der Waals surface area contributed by atoms with E-state index >= 15 is 0 Å². The number of para-hydroxylation sites is 1. The number of imidazole rings is 1. The number of H-pyrrole nitrogens is 2. The molecule has 41 heavy (non-hydrogen) atoms. The SMILES string of the molecule is NC(CC(=O)O)C(=O)NC(Cc1c[nH]c2ccccc12)C(=O)NC(CC(=O)O)C(=O)NC(Cc1cnc[nH]1)C(=O)O. The monoisotopic (exact) mass is 571 g/mol. The van der Waals surface area contributed by atoms with E-state index in [1.807, 2.05) is 0 Å². The quantitative estimate of drug-likeness (QED) is 0.101. The average molecular weight is 572 g/mol. The van der Waals surface area contributed by atoms with Crippen molar-refractivity contribution in [1.82, 2.24) is 30.9 Å². The highest BCUT2D eigenvalue weighted by Gasteiger charge is 2.32. The van der Waals surface area contributed by atoms with Crippen LogP contribution >= 0.6 is 0 Å². The van der Waals surface area contributed by atoms with Crippen molar-refractivity contribution in [3.8, 4) is 0 Å². The molecule has 3 rings (SSSR count). The zero-order chi connectivity index (χ0) is 30.1. The highest BCUT2D eigenvalue weighted by atomic mass is 16.4. The molecule has 0 saturated heterocycles. The Hall–Kier alpha value is -5.25. The number of nitrogens with zero attached hydrogens (tertiary/aromatic N) is 1. The van der Waals surface area contributed by atoms with Crippen LogP contribution in [-0.4, -0.2) is 90.1 Å². The van der Waals surface area contributed by atoms with E-state index < -0.39 is 72.6 Å². The minimum Gasteiger partial charge on any atom is -0.481 e. The summed E-state index contributed by atoms with van der Waals surface area (Å²) in [5.74, 6) is -7.25. The Labute approximate surface area is 231 Å². The predicted octanol–water partition coefficient (Wildman–Crippen LogP) is -1.51. The van der Waals surface area contributed by atoms with Crippen LogP contribution in [-0.2, 0) is 41.6 Å². The van der Waals surface area contributed by atoms with Crippen LogP contribution in [0.25, 0.3) is 10.9 Å². The van der Waals surface area contributed by atoms with Gasteiger partial charge in [-0.3, -0.25) is 24.0 Å². The first-order valence-corrected chi connectivity index (χ1v) is 12.3. The van der Waals surface area contributed by atoms with Gasteiger partial charge in [-0.05, 0) is 11.6 Å². The maximum absolute atomic E-state index is 13.4. The molecule has 0 radical (unpaired) electrons. The second-order valence-electron chi connectivity index (χ2n) is 9.17. The lowest BCUT2D eigenvalue weighted by Crippen LogP contribution is -2.58. The molecule has 0 bridgehead atoms. The number of carboxylic acids is 3. The van der Waals surface area contributed by atoms with Gasteiger partial charge < -0.3 is 47.0 Å². The van der Waals surface area contributed by atoms with Crippen molar-refractivity contribution in [2.24, 2.45) is 5.73 Å². The molecule has 0 fully saturated rings. The lowest BCUT2D eigenvalue weighted by molar-refractivity contribution is -0.143. The van der Waals surface area contributed by atoms with Crippen LogP contribution in [0.5, 0.6) is 0 Å². The third kappa shape index (κ3) is 8.62. The molecule has 0 aliphatic carbocycles. The number of benzene rings is 1. The molecule has 0 aliphatic rings. The smallest absolute Gasteiger partial charge is 0.326 e. The van der Waals surface area contributed by atoms with Gasteiger partial charge in [-0.25, -0.2) is 9.78 Å². The third-order valence-electron chi connectivity index (χ3n) is 6.07. The van der Waals surface area contributed by atoms with E-state index in [9.17, 15) is 39.0 Å². The topological polar surface area (TPSA) is 270 Å². The van der Waals surface area contributed by atoms with E-state index in [4.69, 9.17) is 10.8 Å². The van der Waals surface area contributed by atoms with Crippen molar-refractivity contribution in [2.75, 3.05) is 0 Å². The van der Waals surface area contributed by atoms with Crippen LogP contribution in [0.15, 0.2) is 43.0 Å².